The minimum atomic E-state index is -0.0478. The molecule has 0 unspecified atom stereocenters. The van der Waals surface area contributed by atoms with Gasteiger partial charge in [0.05, 0.1) is 3.79 Å². The molecule has 0 bridgehead atoms. The van der Waals surface area contributed by atoms with E-state index >= 15 is 0 Å². The van der Waals surface area contributed by atoms with Crippen LogP contribution in [0.5, 0.6) is 0 Å². The molecule has 0 aromatic carbocycles. The van der Waals surface area contributed by atoms with Gasteiger partial charge in [-0.1, -0.05) is 26.2 Å². The molecule has 0 aliphatic heterocycles. The Bertz CT molecular complexity index is 238. The quantitative estimate of drug-likeness (QED) is 0.672. The summed E-state index contributed by atoms with van der Waals surface area (Å²) in [6.45, 7) is 2.18. The van der Waals surface area contributed by atoms with E-state index in [0.717, 1.165) is 22.2 Å². The maximum Gasteiger partial charge on any atom is 0.138 e. The molecule has 0 nitrogen and oxygen atoms in total. The summed E-state index contributed by atoms with van der Waals surface area (Å²) in [6.07, 6.45) is 5.66. The molecule has 1 aromatic rings. The SMILES string of the molecule is CCCCCCc1c(F)csc1Br. The smallest absolute Gasteiger partial charge is 0.138 e. The van der Waals surface area contributed by atoms with Gasteiger partial charge in [0.2, 0.25) is 0 Å². The zero-order chi connectivity index (χ0) is 9.68. The normalized spacial score (nSPS) is 10.7. The first kappa shape index (κ1) is 11.2. The van der Waals surface area contributed by atoms with E-state index in [1.54, 1.807) is 5.38 Å². The molecule has 0 aliphatic rings. The van der Waals surface area contributed by atoms with Crippen LogP contribution in [0.2, 0.25) is 0 Å². The van der Waals surface area contributed by atoms with Gasteiger partial charge in [-0.15, -0.1) is 11.3 Å². The van der Waals surface area contributed by atoms with Crippen LogP contribution in [0.4, 0.5) is 4.39 Å². The second kappa shape index (κ2) is 5.76. The van der Waals surface area contributed by atoms with Gasteiger partial charge >= 0.3 is 0 Å². The van der Waals surface area contributed by atoms with Crippen molar-refractivity contribution in [1.82, 2.24) is 0 Å². The Kier molecular flexibility index (Phi) is 4.96. The number of hydrogen-bond donors (Lipinski definition) is 0. The van der Waals surface area contributed by atoms with Gasteiger partial charge in [-0.25, -0.2) is 4.39 Å². The lowest BCUT2D eigenvalue weighted by Gasteiger charge is -1.99. The fraction of sp³-hybridized carbons (Fsp3) is 0.600. The summed E-state index contributed by atoms with van der Waals surface area (Å²) in [4.78, 5) is 0. The van der Waals surface area contributed by atoms with Crippen LogP contribution in [0.15, 0.2) is 9.17 Å². The van der Waals surface area contributed by atoms with Gasteiger partial charge in [-0.3, -0.25) is 0 Å². The van der Waals surface area contributed by atoms with Crippen LogP contribution in [-0.4, -0.2) is 0 Å². The molecular formula is C10H14BrFS. The minimum Gasteiger partial charge on any atom is -0.206 e. The summed E-state index contributed by atoms with van der Waals surface area (Å²) in [5, 5.41) is 1.57. The molecule has 0 fully saturated rings. The fourth-order valence-corrected chi connectivity index (χ4v) is 2.64. The number of thiophene rings is 1. The molecule has 0 saturated heterocycles. The monoisotopic (exact) mass is 264 g/mol. The molecular weight excluding hydrogens is 251 g/mol. The fourth-order valence-electron chi connectivity index (χ4n) is 1.29. The number of unbranched alkanes of at least 4 members (excludes halogenated alkanes) is 3. The van der Waals surface area contributed by atoms with Crippen molar-refractivity contribution in [2.45, 2.75) is 39.0 Å². The largest absolute Gasteiger partial charge is 0.206 e. The minimum absolute atomic E-state index is 0.0478. The molecule has 1 rings (SSSR count). The van der Waals surface area contributed by atoms with Gasteiger partial charge in [0.1, 0.15) is 5.82 Å². The van der Waals surface area contributed by atoms with Gasteiger partial charge in [-0.2, -0.15) is 0 Å². The van der Waals surface area contributed by atoms with Gasteiger partial charge in [-0.05, 0) is 28.8 Å². The number of rotatable bonds is 5. The highest BCUT2D eigenvalue weighted by molar-refractivity contribution is 9.11. The van der Waals surface area contributed by atoms with Crippen molar-refractivity contribution < 1.29 is 4.39 Å². The lowest BCUT2D eigenvalue weighted by molar-refractivity contribution is 0.598. The first-order valence-corrected chi connectivity index (χ1v) is 6.34. The Morgan fingerprint density at radius 3 is 2.69 bits per heavy atom. The van der Waals surface area contributed by atoms with Crippen LogP contribution in [0.25, 0.3) is 0 Å². The molecule has 0 N–H and O–H groups in total. The Hall–Kier alpha value is 0.110. The Balaban J connectivity index is 2.36. The van der Waals surface area contributed by atoms with Crippen molar-refractivity contribution in [1.29, 1.82) is 0 Å². The maximum atomic E-state index is 13.1. The molecule has 1 heterocycles. The highest BCUT2D eigenvalue weighted by Crippen LogP contribution is 2.28. The summed E-state index contributed by atoms with van der Waals surface area (Å²) >= 11 is 4.80. The molecule has 74 valence electrons. The zero-order valence-corrected chi connectivity index (χ0v) is 10.2. The summed E-state index contributed by atoms with van der Waals surface area (Å²) in [5.41, 5.74) is 0.862. The average molecular weight is 265 g/mol. The van der Waals surface area contributed by atoms with Gasteiger partial charge in [0.25, 0.3) is 0 Å². The predicted molar refractivity (Wildman–Crippen MR) is 59.8 cm³/mol. The average Bonchev–Trinajstić information content (AvgIpc) is 2.42. The molecule has 0 amide bonds. The molecule has 1 aromatic heterocycles. The van der Waals surface area contributed by atoms with Crippen LogP contribution in [0, 0.1) is 5.82 Å². The standard InChI is InChI=1S/C10H14BrFS/c1-2-3-4-5-6-8-9(12)7-13-10(8)11/h7H,2-6H2,1H3. The van der Waals surface area contributed by atoms with Crippen molar-refractivity contribution in [3.05, 3.63) is 20.5 Å². The Labute approximate surface area is 91.3 Å². The van der Waals surface area contributed by atoms with Crippen LogP contribution in [0.3, 0.4) is 0 Å². The molecule has 0 radical (unpaired) electrons. The molecule has 0 saturated carbocycles. The van der Waals surface area contributed by atoms with Gasteiger partial charge in [0.15, 0.2) is 0 Å². The van der Waals surface area contributed by atoms with Crippen molar-refractivity contribution in [2.24, 2.45) is 0 Å². The van der Waals surface area contributed by atoms with E-state index in [1.807, 2.05) is 0 Å². The Morgan fingerprint density at radius 1 is 1.38 bits per heavy atom. The summed E-state index contributed by atoms with van der Waals surface area (Å²) in [7, 11) is 0. The molecule has 0 aliphatic carbocycles. The highest BCUT2D eigenvalue weighted by atomic mass is 79.9. The third-order valence-corrected chi connectivity index (χ3v) is 3.89. The lowest BCUT2D eigenvalue weighted by atomic mass is 10.1. The van der Waals surface area contributed by atoms with Crippen molar-refractivity contribution in [2.75, 3.05) is 0 Å². The van der Waals surface area contributed by atoms with Crippen LogP contribution >= 0.6 is 27.3 Å². The topological polar surface area (TPSA) is 0 Å². The number of hydrogen-bond acceptors (Lipinski definition) is 1. The van der Waals surface area contributed by atoms with Crippen molar-refractivity contribution in [3.63, 3.8) is 0 Å². The first-order valence-electron chi connectivity index (χ1n) is 4.67. The van der Waals surface area contributed by atoms with E-state index in [0.29, 0.717) is 0 Å². The highest BCUT2D eigenvalue weighted by Gasteiger charge is 2.08. The third kappa shape index (κ3) is 3.39. The maximum absolute atomic E-state index is 13.1. The predicted octanol–water partition coefficient (Wildman–Crippen LogP) is 4.77. The van der Waals surface area contributed by atoms with Crippen LogP contribution < -0.4 is 0 Å². The summed E-state index contributed by atoms with van der Waals surface area (Å²) < 4.78 is 14.1. The van der Waals surface area contributed by atoms with E-state index in [1.165, 1.54) is 30.6 Å². The molecule has 13 heavy (non-hydrogen) atoms. The van der Waals surface area contributed by atoms with E-state index in [-0.39, 0.29) is 5.82 Å². The van der Waals surface area contributed by atoms with Gasteiger partial charge in [0, 0.05) is 10.9 Å². The second-order valence-corrected chi connectivity index (χ2v) is 5.34. The van der Waals surface area contributed by atoms with E-state index in [4.69, 9.17) is 0 Å². The summed E-state index contributed by atoms with van der Waals surface area (Å²) in [6, 6.07) is 0. The van der Waals surface area contributed by atoms with Crippen LogP contribution in [0.1, 0.15) is 38.2 Å². The molecule has 0 spiro atoms. The summed E-state index contributed by atoms with van der Waals surface area (Å²) in [5.74, 6) is -0.0478. The molecule has 0 atom stereocenters. The van der Waals surface area contributed by atoms with E-state index < -0.39 is 0 Å². The first-order chi connectivity index (χ1) is 6.25. The van der Waals surface area contributed by atoms with Gasteiger partial charge < -0.3 is 0 Å². The van der Waals surface area contributed by atoms with E-state index in [2.05, 4.69) is 22.9 Å². The molecule has 3 heteroatoms. The second-order valence-electron chi connectivity index (χ2n) is 3.15. The Morgan fingerprint density at radius 2 is 2.15 bits per heavy atom. The zero-order valence-electron chi connectivity index (χ0n) is 7.78. The van der Waals surface area contributed by atoms with Crippen molar-refractivity contribution >= 4 is 27.3 Å². The third-order valence-electron chi connectivity index (χ3n) is 2.07. The lowest BCUT2D eigenvalue weighted by Crippen LogP contribution is -1.87. The van der Waals surface area contributed by atoms with Crippen LogP contribution in [-0.2, 0) is 6.42 Å². The van der Waals surface area contributed by atoms with E-state index in [9.17, 15) is 4.39 Å². The van der Waals surface area contributed by atoms with Crippen molar-refractivity contribution in [3.8, 4) is 0 Å². The number of halogens is 2.